The maximum atomic E-state index is 12.2. The van der Waals surface area contributed by atoms with E-state index in [4.69, 9.17) is 10.5 Å². The molecule has 0 fully saturated rings. The molecule has 2 aromatic rings. The van der Waals surface area contributed by atoms with Crippen molar-refractivity contribution >= 4 is 21.6 Å². The largest absolute Gasteiger partial charge is 0.497 e. The molecule has 2 aromatic carbocycles. The fourth-order valence-corrected chi connectivity index (χ4v) is 2.73. The van der Waals surface area contributed by atoms with Crippen molar-refractivity contribution in [1.29, 1.82) is 0 Å². The number of rotatable bonds is 5. The second-order valence-corrected chi connectivity index (χ2v) is 5.91. The molecule has 0 saturated heterocycles. The molecule has 6 nitrogen and oxygen atoms in total. The van der Waals surface area contributed by atoms with Crippen LogP contribution in [0.1, 0.15) is 10.4 Å². The van der Waals surface area contributed by atoms with Crippen LogP contribution >= 0.6 is 0 Å². The van der Waals surface area contributed by atoms with E-state index in [1.54, 1.807) is 24.3 Å². The van der Waals surface area contributed by atoms with E-state index in [2.05, 4.69) is 4.72 Å². The number of carbonyl (C=O) groups is 1. The summed E-state index contributed by atoms with van der Waals surface area (Å²) in [5, 5.41) is 0. The Balaban J connectivity index is 2.22. The van der Waals surface area contributed by atoms with E-state index in [0.717, 1.165) is 0 Å². The van der Waals surface area contributed by atoms with Crippen LogP contribution in [0.3, 0.4) is 0 Å². The minimum atomic E-state index is -3.72. The van der Waals surface area contributed by atoms with Crippen LogP contribution in [0.4, 0.5) is 5.69 Å². The van der Waals surface area contributed by atoms with Crippen molar-refractivity contribution in [2.24, 2.45) is 5.73 Å². The lowest BCUT2D eigenvalue weighted by Crippen LogP contribution is -2.14. The fraction of sp³-hybridized carbons (Fsp3) is 0.0714. The number of ether oxygens (including phenoxy) is 1. The lowest BCUT2D eigenvalue weighted by Gasteiger charge is -2.09. The first kappa shape index (κ1) is 14.9. The highest BCUT2D eigenvalue weighted by molar-refractivity contribution is 7.92. The first-order valence-electron chi connectivity index (χ1n) is 5.99. The van der Waals surface area contributed by atoms with Gasteiger partial charge in [0.2, 0.25) is 5.91 Å². The molecular weight excluding hydrogens is 292 g/mol. The zero-order valence-electron chi connectivity index (χ0n) is 11.2. The molecule has 0 heterocycles. The average molecular weight is 306 g/mol. The van der Waals surface area contributed by atoms with E-state index in [9.17, 15) is 13.2 Å². The van der Waals surface area contributed by atoms with Gasteiger partial charge in [-0.15, -0.1) is 0 Å². The number of methoxy groups -OCH3 is 1. The summed E-state index contributed by atoms with van der Waals surface area (Å²) in [5.74, 6) is 0.0193. The number of sulfonamides is 1. The zero-order chi connectivity index (χ0) is 15.5. The lowest BCUT2D eigenvalue weighted by atomic mass is 10.2. The zero-order valence-corrected chi connectivity index (χ0v) is 12.1. The molecule has 2 rings (SSSR count). The third-order valence-electron chi connectivity index (χ3n) is 2.79. The lowest BCUT2D eigenvalue weighted by molar-refractivity contribution is 0.1000. The number of anilines is 1. The summed E-state index contributed by atoms with van der Waals surface area (Å²) in [4.78, 5) is 11.0. The summed E-state index contributed by atoms with van der Waals surface area (Å²) in [6.45, 7) is 0. The first-order valence-corrected chi connectivity index (χ1v) is 7.47. The van der Waals surface area contributed by atoms with Crippen LogP contribution in [-0.4, -0.2) is 21.4 Å². The average Bonchev–Trinajstić information content (AvgIpc) is 2.48. The van der Waals surface area contributed by atoms with Gasteiger partial charge in [0.1, 0.15) is 5.75 Å². The van der Waals surface area contributed by atoms with Crippen molar-refractivity contribution in [3.63, 3.8) is 0 Å². The predicted octanol–water partition coefficient (Wildman–Crippen LogP) is 1.59. The monoisotopic (exact) mass is 306 g/mol. The standard InChI is InChI=1S/C14H14N2O4S/c1-20-12-6-4-11(5-7-12)16-21(18,19)13-8-2-10(3-9-13)14(15)17/h2-9,16H,1H3,(H2,15,17). The normalized spacial score (nSPS) is 10.9. The predicted molar refractivity (Wildman–Crippen MR) is 78.8 cm³/mol. The van der Waals surface area contributed by atoms with E-state index in [1.807, 2.05) is 0 Å². The Labute approximate surface area is 122 Å². The topological polar surface area (TPSA) is 98.5 Å². The molecule has 0 radical (unpaired) electrons. The molecule has 110 valence electrons. The van der Waals surface area contributed by atoms with Crippen LogP contribution in [0.25, 0.3) is 0 Å². The first-order chi connectivity index (χ1) is 9.92. The van der Waals surface area contributed by atoms with E-state index in [-0.39, 0.29) is 10.5 Å². The van der Waals surface area contributed by atoms with Gasteiger partial charge in [0.15, 0.2) is 0 Å². The molecular formula is C14H14N2O4S. The molecule has 0 saturated carbocycles. The minimum absolute atomic E-state index is 0.0447. The second kappa shape index (κ2) is 5.84. The highest BCUT2D eigenvalue weighted by atomic mass is 32.2. The number of hydrogen-bond donors (Lipinski definition) is 2. The molecule has 7 heteroatoms. The Morgan fingerprint density at radius 3 is 2.10 bits per heavy atom. The van der Waals surface area contributed by atoms with Crippen molar-refractivity contribution < 1.29 is 17.9 Å². The molecule has 0 atom stereocenters. The molecule has 0 spiro atoms. The summed E-state index contributed by atoms with van der Waals surface area (Å²) in [6, 6.07) is 11.9. The highest BCUT2D eigenvalue weighted by Gasteiger charge is 2.14. The van der Waals surface area contributed by atoms with Gasteiger partial charge in [-0.3, -0.25) is 9.52 Å². The van der Waals surface area contributed by atoms with Crippen LogP contribution in [0.2, 0.25) is 0 Å². The van der Waals surface area contributed by atoms with Crippen molar-refractivity contribution in [3.8, 4) is 5.75 Å². The Morgan fingerprint density at radius 2 is 1.62 bits per heavy atom. The Kier molecular flexibility index (Phi) is 4.13. The molecule has 3 N–H and O–H groups in total. The van der Waals surface area contributed by atoms with Crippen LogP contribution in [-0.2, 0) is 10.0 Å². The summed E-state index contributed by atoms with van der Waals surface area (Å²) < 4.78 is 31.8. The van der Waals surface area contributed by atoms with Gasteiger partial charge in [-0.05, 0) is 48.5 Å². The third kappa shape index (κ3) is 3.51. The molecule has 21 heavy (non-hydrogen) atoms. The number of hydrogen-bond acceptors (Lipinski definition) is 4. The van der Waals surface area contributed by atoms with Gasteiger partial charge in [-0.2, -0.15) is 0 Å². The summed E-state index contributed by atoms with van der Waals surface area (Å²) in [5.41, 5.74) is 5.77. The SMILES string of the molecule is COc1ccc(NS(=O)(=O)c2ccc(C(N)=O)cc2)cc1. The molecule has 0 aliphatic heterocycles. The second-order valence-electron chi connectivity index (χ2n) is 4.22. The number of primary amides is 1. The van der Waals surface area contributed by atoms with E-state index >= 15 is 0 Å². The number of nitrogens with two attached hydrogens (primary N) is 1. The van der Waals surface area contributed by atoms with Crippen LogP contribution in [0.5, 0.6) is 5.75 Å². The quantitative estimate of drug-likeness (QED) is 0.876. The van der Waals surface area contributed by atoms with Gasteiger partial charge in [0.05, 0.1) is 12.0 Å². The van der Waals surface area contributed by atoms with E-state index < -0.39 is 15.9 Å². The summed E-state index contributed by atoms with van der Waals surface area (Å²) in [7, 11) is -2.19. The molecule has 1 amide bonds. The van der Waals surface area contributed by atoms with Gasteiger partial charge < -0.3 is 10.5 Å². The van der Waals surface area contributed by atoms with Crippen LogP contribution in [0, 0.1) is 0 Å². The molecule has 0 aliphatic carbocycles. The number of nitrogens with one attached hydrogen (secondary N) is 1. The Bertz CT molecular complexity index is 738. The Morgan fingerprint density at radius 1 is 1.05 bits per heavy atom. The molecule has 0 aliphatic rings. The van der Waals surface area contributed by atoms with Crippen molar-refractivity contribution in [3.05, 3.63) is 54.1 Å². The van der Waals surface area contributed by atoms with Crippen molar-refractivity contribution in [1.82, 2.24) is 0 Å². The van der Waals surface area contributed by atoms with E-state index in [1.165, 1.54) is 31.4 Å². The van der Waals surface area contributed by atoms with Gasteiger partial charge in [-0.25, -0.2) is 8.42 Å². The van der Waals surface area contributed by atoms with Gasteiger partial charge in [0, 0.05) is 11.3 Å². The molecule has 0 unspecified atom stereocenters. The third-order valence-corrected chi connectivity index (χ3v) is 4.19. The minimum Gasteiger partial charge on any atom is -0.497 e. The van der Waals surface area contributed by atoms with Gasteiger partial charge >= 0.3 is 0 Å². The van der Waals surface area contributed by atoms with Gasteiger partial charge in [-0.1, -0.05) is 0 Å². The van der Waals surface area contributed by atoms with Crippen LogP contribution in [0.15, 0.2) is 53.4 Å². The highest BCUT2D eigenvalue weighted by Crippen LogP contribution is 2.19. The molecule has 0 aromatic heterocycles. The summed E-state index contributed by atoms with van der Waals surface area (Å²) >= 11 is 0. The fourth-order valence-electron chi connectivity index (χ4n) is 1.67. The smallest absolute Gasteiger partial charge is 0.261 e. The van der Waals surface area contributed by atoms with Crippen LogP contribution < -0.4 is 15.2 Å². The molecule has 0 bridgehead atoms. The van der Waals surface area contributed by atoms with Crippen molar-refractivity contribution in [2.45, 2.75) is 4.90 Å². The maximum absolute atomic E-state index is 12.2. The number of amides is 1. The summed E-state index contributed by atoms with van der Waals surface area (Å²) in [6.07, 6.45) is 0. The Hall–Kier alpha value is -2.54. The van der Waals surface area contributed by atoms with Gasteiger partial charge in [0.25, 0.3) is 10.0 Å². The maximum Gasteiger partial charge on any atom is 0.261 e. The van der Waals surface area contributed by atoms with Crippen molar-refractivity contribution in [2.75, 3.05) is 11.8 Å². The number of benzene rings is 2. The van der Waals surface area contributed by atoms with E-state index in [0.29, 0.717) is 11.4 Å². The number of carbonyl (C=O) groups excluding carboxylic acids is 1.